The Hall–Kier alpha value is -0.420. The molecule has 17 heavy (non-hydrogen) atoms. The lowest BCUT2D eigenvalue weighted by atomic mass is 10.1. The van der Waals surface area contributed by atoms with E-state index >= 15 is 0 Å². The van der Waals surface area contributed by atoms with E-state index in [1.165, 1.54) is 0 Å². The van der Waals surface area contributed by atoms with Gasteiger partial charge in [0.25, 0.3) is 0 Å². The van der Waals surface area contributed by atoms with Gasteiger partial charge in [-0.15, -0.1) is 0 Å². The maximum Gasteiger partial charge on any atom is 0.410 e. The molecule has 0 aliphatic carbocycles. The summed E-state index contributed by atoms with van der Waals surface area (Å²) in [6.07, 6.45) is 0.572. The number of hydrogen-bond acceptors (Lipinski definition) is 4. The van der Waals surface area contributed by atoms with Crippen LogP contribution in [0.4, 0.5) is 4.79 Å². The van der Waals surface area contributed by atoms with E-state index in [0.717, 1.165) is 6.42 Å². The molecule has 0 aromatic heterocycles. The highest BCUT2D eigenvalue weighted by molar-refractivity contribution is 7.80. The van der Waals surface area contributed by atoms with E-state index in [1.54, 1.807) is 4.90 Å². The van der Waals surface area contributed by atoms with Gasteiger partial charge in [-0.05, 0) is 27.2 Å². The summed E-state index contributed by atoms with van der Waals surface area (Å²) in [7, 11) is 0. The fraction of sp³-hybridized carbons (Fsp3) is 0.917. The van der Waals surface area contributed by atoms with Crippen molar-refractivity contribution in [2.24, 2.45) is 0 Å². The number of ether oxygens (including phenoxy) is 2. The van der Waals surface area contributed by atoms with Crippen LogP contribution in [0.25, 0.3) is 0 Å². The highest BCUT2D eigenvalue weighted by Crippen LogP contribution is 2.18. The number of thiol groups is 1. The molecule has 4 nitrogen and oxygen atoms in total. The molecule has 1 aliphatic heterocycles. The molecule has 1 saturated heterocycles. The van der Waals surface area contributed by atoms with Crippen molar-refractivity contribution in [1.82, 2.24) is 4.90 Å². The zero-order valence-corrected chi connectivity index (χ0v) is 12.0. The number of rotatable bonds is 2. The molecule has 1 rings (SSSR count). The Morgan fingerprint density at radius 2 is 2.24 bits per heavy atom. The van der Waals surface area contributed by atoms with Gasteiger partial charge in [-0.25, -0.2) is 4.79 Å². The van der Waals surface area contributed by atoms with Gasteiger partial charge in [0.15, 0.2) is 0 Å². The number of carbonyl (C=O) groups is 1. The topological polar surface area (TPSA) is 38.8 Å². The van der Waals surface area contributed by atoms with Gasteiger partial charge in [0.05, 0.1) is 19.3 Å². The molecular weight excluding hydrogens is 238 g/mol. The molecule has 0 aromatic rings. The summed E-state index contributed by atoms with van der Waals surface area (Å²) in [5, 5.41) is 0.242. The first-order valence-corrected chi connectivity index (χ1v) is 6.56. The Balaban J connectivity index is 2.61. The zero-order valence-electron chi connectivity index (χ0n) is 11.1. The van der Waals surface area contributed by atoms with Crippen LogP contribution < -0.4 is 0 Å². The van der Waals surface area contributed by atoms with E-state index in [-0.39, 0.29) is 17.4 Å². The third-order valence-corrected chi connectivity index (χ3v) is 2.68. The van der Waals surface area contributed by atoms with Crippen molar-refractivity contribution >= 4 is 18.7 Å². The fourth-order valence-electron chi connectivity index (χ4n) is 1.80. The quantitative estimate of drug-likeness (QED) is 0.775. The number of morpholine rings is 1. The first kappa shape index (κ1) is 14.6. The van der Waals surface area contributed by atoms with E-state index in [1.807, 2.05) is 27.7 Å². The fourth-order valence-corrected chi connectivity index (χ4v) is 2.05. The van der Waals surface area contributed by atoms with Gasteiger partial charge in [0, 0.05) is 11.8 Å². The smallest absolute Gasteiger partial charge is 0.410 e. The molecule has 5 heteroatoms. The second-order valence-corrected chi connectivity index (χ2v) is 6.37. The highest BCUT2D eigenvalue weighted by atomic mass is 32.1. The van der Waals surface area contributed by atoms with Gasteiger partial charge >= 0.3 is 6.09 Å². The van der Waals surface area contributed by atoms with Crippen molar-refractivity contribution in [3.05, 3.63) is 0 Å². The standard InChI is InChI=1S/C12H23NO3S/c1-9(17)7-10-8-15-6-5-13(10)11(14)16-12(2,3)4/h9-10,17H,5-8H2,1-4H3. The average molecular weight is 261 g/mol. The van der Waals surface area contributed by atoms with Gasteiger partial charge < -0.3 is 14.4 Å². The molecule has 1 aliphatic rings. The SMILES string of the molecule is CC(S)CC1COCCN1C(=O)OC(C)(C)C. The van der Waals surface area contributed by atoms with Gasteiger partial charge in [-0.1, -0.05) is 6.92 Å². The van der Waals surface area contributed by atoms with Crippen molar-refractivity contribution in [2.75, 3.05) is 19.8 Å². The molecule has 0 aromatic carbocycles. The van der Waals surface area contributed by atoms with Crippen LogP contribution in [0.5, 0.6) is 0 Å². The van der Waals surface area contributed by atoms with E-state index in [4.69, 9.17) is 9.47 Å². The van der Waals surface area contributed by atoms with Crippen LogP contribution in [-0.4, -0.2) is 47.6 Å². The summed E-state index contributed by atoms with van der Waals surface area (Å²) < 4.78 is 10.8. The van der Waals surface area contributed by atoms with Crippen molar-refractivity contribution in [1.29, 1.82) is 0 Å². The lowest BCUT2D eigenvalue weighted by Crippen LogP contribution is -2.51. The van der Waals surface area contributed by atoms with Crippen LogP contribution in [0.3, 0.4) is 0 Å². The van der Waals surface area contributed by atoms with Crippen molar-refractivity contribution in [3.8, 4) is 0 Å². The van der Waals surface area contributed by atoms with E-state index in [0.29, 0.717) is 19.8 Å². The number of nitrogens with zero attached hydrogens (tertiary/aromatic N) is 1. The Morgan fingerprint density at radius 1 is 1.59 bits per heavy atom. The van der Waals surface area contributed by atoms with Crippen molar-refractivity contribution < 1.29 is 14.3 Å². The van der Waals surface area contributed by atoms with Gasteiger partial charge in [0.2, 0.25) is 0 Å². The third kappa shape index (κ3) is 5.17. The molecule has 1 fully saturated rings. The van der Waals surface area contributed by atoms with Gasteiger partial charge in [0.1, 0.15) is 5.60 Å². The Morgan fingerprint density at radius 3 is 2.76 bits per heavy atom. The van der Waals surface area contributed by atoms with Crippen LogP contribution in [0.2, 0.25) is 0 Å². The maximum absolute atomic E-state index is 12.0. The molecule has 0 saturated carbocycles. The lowest BCUT2D eigenvalue weighted by molar-refractivity contribution is -0.0336. The third-order valence-electron chi connectivity index (χ3n) is 2.47. The summed E-state index contributed by atoms with van der Waals surface area (Å²) in [5.74, 6) is 0. The number of carbonyl (C=O) groups excluding carboxylic acids is 1. The number of amides is 1. The molecule has 1 amide bonds. The molecule has 0 N–H and O–H groups in total. The molecule has 1 heterocycles. The van der Waals surface area contributed by atoms with Crippen LogP contribution >= 0.6 is 12.6 Å². The van der Waals surface area contributed by atoms with Crippen LogP contribution in [0.15, 0.2) is 0 Å². The van der Waals surface area contributed by atoms with Crippen LogP contribution in [-0.2, 0) is 9.47 Å². The monoisotopic (exact) mass is 261 g/mol. The molecule has 2 unspecified atom stereocenters. The van der Waals surface area contributed by atoms with E-state index in [2.05, 4.69) is 12.6 Å². The Kier molecular flexibility index (Phi) is 5.13. The first-order valence-electron chi connectivity index (χ1n) is 6.05. The zero-order chi connectivity index (χ0) is 13.1. The summed E-state index contributed by atoms with van der Waals surface area (Å²) in [4.78, 5) is 13.8. The minimum Gasteiger partial charge on any atom is -0.444 e. The van der Waals surface area contributed by atoms with Gasteiger partial charge in [-0.2, -0.15) is 12.6 Å². The average Bonchev–Trinajstić information content (AvgIpc) is 2.14. The largest absolute Gasteiger partial charge is 0.444 e. The predicted molar refractivity (Wildman–Crippen MR) is 70.6 cm³/mol. The van der Waals surface area contributed by atoms with Gasteiger partial charge in [-0.3, -0.25) is 0 Å². The van der Waals surface area contributed by atoms with Crippen LogP contribution in [0.1, 0.15) is 34.1 Å². The molecule has 0 radical (unpaired) electrons. The van der Waals surface area contributed by atoms with Crippen molar-refractivity contribution in [3.63, 3.8) is 0 Å². The highest BCUT2D eigenvalue weighted by Gasteiger charge is 2.31. The lowest BCUT2D eigenvalue weighted by Gasteiger charge is -2.37. The molecular formula is C12H23NO3S. The summed E-state index contributed by atoms with van der Waals surface area (Å²) >= 11 is 4.37. The van der Waals surface area contributed by atoms with Crippen LogP contribution in [0, 0.1) is 0 Å². The van der Waals surface area contributed by atoms with E-state index in [9.17, 15) is 4.79 Å². The summed E-state index contributed by atoms with van der Waals surface area (Å²) in [5.41, 5.74) is -0.452. The minimum atomic E-state index is -0.452. The number of hydrogen-bond donors (Lipinski definition) is 1. The molecule has 0 bridgehead atoms. The summed E-state index contributed by atoms with van der Waals surface area (Å²) in [6, 6.07) is 0.0751. The summed E-state index contributed by atoms with van der Waals surface area (Å²) in [6.45, 7) is 9.40. The normalized spacial score (nSPS) is 23.4. The minimum absolute atomic E-state index is 0.0751. The second kappa shape index (κ2) is 5.96. The molecule has 100 valence electrons. The van der Waals surface area contributed by atoms with E-state index < -0.39 is 5.60 Å². The second-order valence-electron chi connectivity index (χ2n) is 5.49. The Bertz CT molecular complexity index is 263. The maximum atomic E-state index is 12.0. The Labute approximate surface area is 109 Å². The predicted octanol–water partition coefficient (Wildman–Crippen LogP) is 2.33. The molecule has 2 atom stereocenters. The molecule has 0 spiro atoms. The first-order chi connectivity index (χ1) is 7.79. The van der Waals surface area contributed by atoms with Crippen molar-refractivity contribution in [2.45, 2.75) is 51.0 Å².